The molecule has 0 aromatic rings. The highest BCUT2D eigenvalue weighted by Gasteiger charge is 2.35. The maximum Gasteiger partial charge on any atom is 0.227 e. The molecular formula is C14H31Cl2N3O2. The Morgan fingerprint density at radius 3 is 2.48 bits per heavy atom. The average molecular weight is 344 g/mol. The van der Waals surface area contributed by atoms with Gasteiger partial charge in [0.2, 0.25) is 5.91 Å². The van der Waals surface area contributed by atoms with Crippen LogP contribution in [0.4, 0.5) is 0 Å². The fraction of sp³-hybridized carbons (Fsp3) is 0.929. The van der Waals surface area contributed by atoms with Crippen molar-refractivity contribution < 1.29 is 9.53 Å². The van der Waals surface area contributed by atoms with Crippen LogP contribution in [0.2, 0.25) is 0 Å². The lowest BCUT2D eigenvalue weighted by Crippen LogP contribution is -2.49. The number of carbonyl (C=O) groups is 1. The van der Waals surface area contributed by atoms with Crippen LogP contribution in [0.5, 0.6) is 0 Å². The number of carbonyl (C=O) groups excluding carboxylic acids is 1. The number of ether oxygens (including phenoxy) is 1. The number of hydrogen-bond donors (Lipinski definition) is 2. The normalized spacial score (nSPS) is 18.8. The highest BCUT2D eigenvalue weighted by Crippen LogP contribution is 2.25. The Kier molecular flexibility index (Phi) is 12.7. The number of nitrogens with one attached hydrogen (secondary N) is 1. The largest absolute Gasteiger partial charge is 0.383 e. The van der Waals surface area contributed by atoms with Gasteiger partial charge in [-0.05, 0) is 19.3 Å². The lowest BCUT2D eigenvalue weighted by Gasteiger charge is -2.30. The molecule has 0 aliphatic carbocycles. The average Bonchev–Trinajstić information content (AvgIpc) is 2.86. The number of methoxy groups -OCH3 is 1. The summed E-state index contributed by atoms with van der Waals surface area (Å²) >= 11 is 0. The van der Waals surface area contributed by atoms with Crippen molar-refractivity contribution in [3.8, 4) is 0 Å². The minimum absolute atomic E-state index is 0. The van der Waals surface area contributed by atoms with Gasteiger partial charge in [0.05, 0.1) is 12.0 Å². The van der Waals surface area contributed by atoms with Gasteiger partial charge in [-0.25, -0.2) is 0 Å². The molecule has 0 radical (unpaired) electrons. The predicted octanol–water partition coefficient (Wildman–Crippen LogP) is 1.43. The van der Waals surface area contributed by atoms with Gasteiger partial charge in [-0.3, -0.25) is 9.69 Å². The Morgan fingerprint density at radius 2 is 2.00 bits per heavy atom. The van der Waals surface area contributed by atoms with Gasteiger partial charge in [0.15, 0.2) is 0 Å². The molecule has 0 saturated carbocycles. The molecule has 1 amide bonds. The summed E-state index contributed by atoms with van der Waals surface area (Å²) in [5, 5.41) is 3.18. The molecular weight excluding hydrogens is 313 g/mol. The first kappa shape index (κ1) is 23.2. The Morgan fingerprint density at radius 1 is 1.38 bits per heavy atom. The molecule has 0 aromatic heterocycles. The number of hydrogen-bond acceptors (Lipinski definition) is 4. The van der Waals surface area contributed by atoms with Crippen LogP contribution in [0, 0.1) is 5.41 Å². The van der Waals surface area contributed by atoms with Gasteiger partial charge in [-0.1, -0.05) is 13.8 Å². The van der Waals surface area contributed by atoms with Crippen LogP contribution < -0.4 is 11.1 Å². The molecule has 1 heterocycles. The van der Waals surface area contributed by atoms with Crippen LogP contribution in [0.15, 0.2) is 0 Å². The first-order chi connectivity index (χ1) is 9.11. The number of halogens is 2. The molecule has 1 saturated heterocycles. The molecule has 7 heteroatoms. The Hall–Kier alpha value is -0.0700. The van der Waals surface area contributed by atoms with Crippen molar-refractivity contribution in [1.82, 2.24) is 10.2 Å². The van der Waals surface area contributed by atoms with Gasteiger partial charge >= 0.3 is 0 Å². The third-order valence-electron chi connectivity index (χ3n) is 4.45. The zero-order chi connectivity index (χ0) is 14.3. The van der Waals surface area contributed by atoms with Crippen molar-refractivity contribution >= 4 is 30.7 Å². The van der Waals surface area contributed by atoms with Gasteiger partial charge in [0.1, 0.15) is 0 Å². The summed E-state index contributed by atoms with van der Waals surface area (Å²) in [4.78, 5) is 14.7. The third kappa shape index (κ3) is 6.28. The van der Waals surface area contributed by atoms with Crippen molar-refractivity contribution in [1.29, 1.82) is 0 Å². The number of rotatable bonds is 8. The standard InChI is InChI=1S/C14H29N3O2.2ClH/c1-4-14(5-2,11-15)13(18)16-12-6-7-17(10-12)8-9-19-3;;/h12H,4-11,15H2,1-3H3,(H,16,18);2*1H. The summed E-state index contributed by atoms with van der Waals surface area (Å²) < 4.78 is 5.08. The lowest BCUT2D eigenvalue weighted by molar-refractivity contribution is -0.131. The lowest BCUT2D eigenvalue weighted by atomic mass is 9.81. The highest BCUT2D eigenvalue weighted by molar-refractivity contribution is 5.85. The maximum absolute atomic E-state index is 12.4. The molecule has 0 bridgehead atoms. The van der Waals surface area contributed by atoms with Crippen molar-refractivity contribution in [3.63, 3.8) is 0 Å². The van der Waals surface area contributed by atoms with Gasteiger partial charge in [0.25, 0.3) is 0 Å². The van der Waals surface area contributed by atoms with Crippen LogP contribution in [0.3, 0.4) is 0 Å². The minimum atomic E-state index is -0.389. The van der Waals surface area contributed by atoms with Crippen LogP contribution in [-0.2, 0) is 9.53 Å². The quantitative estimate of drug-likeness (QED) is 0.699. The Balaban J connectivity index is 0. The summed E-state index contributed by atoms with van der Waals surface area (Å²) in [5.74, 6) is 0.124. The second kappa shape index (κ2) is 11.5. The van der Waals surface area contributed by atoms with E-state index in [0.29, 0.717) is 6.54 Å². The zero-order valence-electron chi connectivity index (χ0n) is 13.4. The van der Waals surface area contributed by atoms with Gasteiger partial charge in [0, 0.05) is 39.3 Å². The maximum atomic E-state index is 12.4. The molecule has 1 atom stereocenters. The van der Waals surface area contributed by atoms with Gasteiger partial charge in [-0.15, -0.1) is 24.8 Å². The molecule has 1 fully saturated rings. The summed E-state index contributed by atoms with van der Waals surface area (Å²) in [6.45, 7) is 8.13. The van der Waals surface area contributed by atoms with Crippen molar-refractivity contribution in [3.05, 3.63) is 0 Å². The van der Waals surface area contributed by atoms with Gasteiger partial charge < -0.3 is 15.8 Å². The van der Waals surface area contributed by atoms with Gasteiger partial charge in [-0.2, -0.15) is 0 Å². The first-order valence-electron chi connectivity index (χ1n) is 7.34. The molecule has 5 nitrogen and oxygen atoms in total. The second-order valence-corrected chi connectivity index (χ2v) is 5.44. The molecule has 3 N–H and O–H groups in total. The molecule has 21 heavy (non-hydrogen) atoms. The Bertz CT molecular complexity index is 281. The molecule has 1 aliphatic rings. The number of nitrogens with zero attached hydrogens (tertiary/aromatic N) is 1. The van der Waals surface area contributed by atoms with Crippen LogP contribution in [0.25, 0.3) is 0 Å². The monoisotopic (exact) mass is 343 g/mol. The fourth-order valence-electron chi connectivity index (χ4n) is 2.66. The van der Waals surface area contributed by atoms with Crippen molar-refractivity contribution in [2.45, 2.75) is 39.2 Å². The van der Waals surface area contributed by atoms with E-state index < -0.39 is 0 Å². The molecule has 128 valence electrons. The van der Waals surface area contributed by atoms with E-state index in [-0.39, 0.29) is 42.2 Å². The third-order valence-corrected chi connectivity index (χ3v) is 4.45. The second-order valence-electron chi connectivity index (χ2n) is 5.44. The topological polar surface area (TPSA) is 67.6 Å². The molecule has 0 aromatic carbocycles. The van der Waals surface area contributed by atoms with Crippen LogP contribution in [-0.4, -0.2) is 56.7 Å². The summed E-state index contributed by atoms with van der Waals surface area (Å²) in [5.41, 5.74) is 5.42. The van der Waals surface area contributed by atoms with E-state index in [0.717, 1.165) is 45.5 Å². The summed E-state index contributed by atoms with van der Waals surface area (Å²) in [6, 6.07) is 0.258. The van der Waals surface area contributed by atoms with Crippen molar-refractivity contribution in [2.75, 3.05) is 39.9 Å². The number of nitrogens with two attached hydrogens (primary N) is 1. The minimum Gasteiger partial charge on any atom is -0.383 e. The Labute approximate surface area is 141 Å². The molecule has 0 spiro atoms. The van der Waals surface area contributed by atoms with E-state index in [9.17, 15) is 4.79 Å². The SMILES string of the molecule is CCC(CC)(CN)C(=O)NC1CCN(CCOC)C1.Cl.Cl. The van der Waals surface area contributed by atoms with E-state index in [1.165, 1.54) is 0 Å². The number of amides is 1. The van der Waals surface area contributed by atoms with Crippen LogP contribution in [0.1, 0.15) is 33.1 Å². The molecule has 1 rings (SSSR count). The smallest absolute Gasteiger partial charge is 0.227 e. The van der Waals surface area contributed by atoms with Crippen LogP contribution >= 0.6 is 24.8 Å². The van der Waals surface area contributed by atoms with E-state index in [1.807, 2.05) is 13.8 Å². The summed E-state index contributed by atoms with van der Waals surface area (Å²) in [6.07, 6.45) is 2.61. The molecule has 1 aliphatic heterocycles. The molecule has 1 unspecified atom stereocenters. The number of likely N-dealkylation sites (tertiary alicyclic amines) is 1. The summed E-state index contributed by atoms with van der Waals surface area (Å²) in [7, 11) is 1.72. The highest BCUT2D eigenvalue weighted by atomic mass is 35.5. The van der Waals surface area contributed by atoms with E-state index in [2.05, 4.69) is 10.2 Å². The first-order valence-corrected chi connectivity index (χ1v) is 7.34. The zero-order valence-corrected chi connectivity index (χ0v) is 15.0. The van der Waals surface area contributed by atoms with E-state index >= 15 is 0 Å². The van der Waals surface area contributed by atoms with E-state index in [1.54, 1.807) is 7.11 Å². The van der Waals surface area contributed by atoms with Crippen molar-refractivity contribution in [2.24, 2.45) is 11.1 Å². The predicted molar refractivity (Wildman–Crippen MR) is 91.4 cm³/mol. The fourth-order valence-corrected chi connectivity index (χ4v) is 2.66. The van der Waals surface area contributed by atoms with E-state index in [4.69, 9.17) is 10.5 Å².